The van der Waals surface area contributed by atoms with E-state index in [2.05, 4.69) is 31.8 Å². The van der Waals surface area contributed by atoms with E-state index in [-0.39, 0.29) is 12.7 Å². The molecule has 1 heterocycles. The lowest BCUT2D eigenvalue weighted by Crippen LogP contribution is -2.51. The van der Waals surface area contributed by atoms with Gasteiger partial charge in [0.25, 0.3) is 0 Å². The first kappa shape index (κ1) is 22.4. The van der Waals surface area contributed by atoms with Gasteiger partial charge in [-0.3, -0.25) is 0 Å². The molecule has 2 N–H and O–H groups in total. The van der Waals surface area contributed by atoms with Crippen LogP contribution in [-0.2, 0) is 6.61 Å². The van der Waals surface area contributed by atoms with Crippen LogP contribution in [0.2, 0.25) is 0 Å². The molecule has 4 aliphatic carbocycles. The van der Waals surface area contributed by atoms with Gasteiger partial charge in [0.05, 0.1) is 19.3 Å². The van der Waals surface area contributed by atoms with Crippen molar-refractivity contribution < 1.29 is 14.9 Å². The molecule has 1 unspecified atom stereocenters. The minimum atomic E-state index is -0.121. The molecule has 32 heavy (non-hydrogen) atoms. The fraction of sp³-hybridized carbons (Fsp3) is 0.750. The highest BCUT2D eigenvalue weighted by Crippen LogP contribution is 2.67. The Morgan fingerprint density at radius 3 is 2.81 bits per heavy atom. The third-order valence-corrected chi connectivity index (χ3v) is 10.3. The van der Waals surface area contributed by atoms with Gasteiger partial charge >= 0.3 is 0 Å². The van der Waals surface area contributed by atoms with Crippen LogP contribution < -0.4 is 4.74 Å². The quantitative estimate of drug-likeness (QED) is 0.592. The van der Waals surface area contributed by atoms with E-state index in [1.165, 1.54) is 32.1 Å². The van der Waals surface area contributed by atoms with Gasteiger partial charge in [0.2, 0.25) is 5.88 Å². The van der Waals surface area contributed by atoms with Crippen LogP contribution in [0.3, 0.4) is 0 Å². The third kappa shape index (κ3) is 3.62. The Morgan fingerprint density at radius 2 is 2.00 bits per heavy atom. The summed E-state index contributed by atoms with van der Waals surface area (Å²) in [5.74, 6) is 4.23. The molecule has 8 atom stereocenters. The lowest BCUT2D eigenvalue weighted by molar-refractivity contribution is -0.0592. The van der Waals surface area contributed by atoms with Crippen molar-refractivity contribution in [3.05, 3.63) is 35.5 Å². The smallest absolute Gasteiger partial charge is 0.213 e. The highest BCUT2D eigenvalue weighted by atomic mass is 16.5. The van der Waals surface area contributed by atoms with Crippen molar-refractivity contribution in [3.8, 4) is 5.88 Å². The van der Waals surface area contributed by atoms with Gasteiger partial charge in [-0.15, -0.1) is 0 Å². The normalized spacial score (nSPS) is 41.8. The predicted octanol–water partition coefficient (Wildman–Crippen LogP) is 5.53. The number of rotatable bonds is 5. The highest BCUT2D eigenvalue weighted by Gasteiger charge is 2.59. The largest absolute Gasteiger partial charge is 0.477 e. The van der Waals surface area contributed by atoms with E-state index in [1.807, 2.05) is 12.1 Å². The molecule has 0 saturated heterocycles. The Morgan fingerprint density at radius 1 is 1.16 bits per heavy atom. The molecule has 0 amide bonds. The summed E-state index contributed by atoms with van der Waals surface area (Å²) in [6.45, 7) is 8.18. The number of aliphatic hydroxyl groups excluding tert-OH is 2. The fourth-order valence-corrected chi connectivity index (χ4v) is 8.58. The number of ether oxygens (including phenoxy) is 1. The molecule has 1 aromatic rings. The summed E-state index contributed by atoms with van der Waals surface area (Å²) < 4.78 is 6.10. The number of fused-ring (bicyclic) bond motifs is 5. The third-order valence-electron chi connectivity index (χ3n) is 10.3. The number of nitrogens with zero attached hydrogens (tertiary/aromatic N) is 1. The lowest BCUT2D eigenvalue weighted by atomic mass is 9.47. The van der Waals surface area contributed by atoms with Gasteiger partial charge in [0, 0.05) is 12.3 Å². The first-order valence-corrected chi connectivity index (χ1v) is 12.9. The number of hydrogen-bond acceptors (Lipinski definition) is 4. The number of allylic oxidation sites excluding steroid dienone is 1. The SMILES string of the molecule is CC(COc1cc(CO)ccn1)[C@H]1CC[C@H]2[C@@H]3CC=C4C[C@@H](O)CC[C@]4(C)[C@H]3CC[C@]12C. The van der Waals surface area contributed by atoms with Crippen LogP contribution in [0.1, 0.15) is 77.7 Å². The summed E-state index contributed by atoms with van der Waals surface area (Å²) >= 11 is 0. The Balaban J connectivity index is 1.29. The molecule has 4 nitrogen and oxygen atoms in total. The maximum atomic E-state index is 10.2. The number of aromatic nitrogens is 1. The summed E-state index contributed by atoms with van der Waals surface area (Å²) in [7, 11) is 0. The Kier molecular flexibility index (Phi) is 5.90. The van der Waals surface area contributed by atoms with Crippen LogP contribution >= 0.6 is 0 Å². The average Bonchev–Trinajstić information content (AvgIpc) is 3.15. The molecule has 176 valence electrons. The molecule has 4 aliphatic rings. The Hall–Kier alpha value is -1.39. The molecule has 0 aromatic carbocycles. The maximum Gasteiger partial charge on any atom is 0.213 e. The van der Waals surface area contributed by atoms with Crippen molar-refractivity contribution in [1.82, 2.24) is 4.98 Å². The van der Waals surface area contributed by atoms with E-state index in [0.717, 1.165) is 42.6 Å². The first-order valence-electron chi connectivity index (χ1n) is 12.9. The van der Waals surface area contributed by atoms with E-state index in [1.54, 1.807) is 11.8 Å². The minimum Gasteiger partial charge on any atom is -0.477 e. The van der Waals surface area contributed by atoms with Crippen LogP contribution in [0.4, 0.5) is 0 Å². The van der Waals surface area contributed by atoms with Gasteiger partial charge in [-0.1, -0.05) is 32.4 Å². The second kappa shape index (κ2) is 8.43. The molecule has 5 rings (SSSR count). The van der Waals surface area contributed by atoms with E-state index in [0.29, 0.717) is 35.2 Å². The number of hydrogen-bond donors (Lipinski definition) is 2. The van der Waals surface area contributed by atoms with Gasteiger partial charge in [-0.2, -0.15) is 0 Å². The molecule has 3 saturated carbocycles. The van der Waals surface area contributed by atoms with Gasteiger partial charge in [0.1, 0.15) is 0 Å². The van der Waals surface area contributed by atoms with Gasteiger partial charge in [-0.05, 0) is 103 Å². The predicted molar refractivity (Wildman–Crippen MR) is 126 cm³/mol. The summed E-state index contributed by atoms with van der Waals surface area (Å²) in [6.07, 6.45) is 13.7. The van der Waals surface area contributed by atoms with Crippen LogP contribution in [0.15, 0.2) is 30.0 Å². The van der Waals surface area contributed by atoms with Crippen molar-refractivity contribution in [3.63, 3.8) is 0 Å². The Bertz CT molecular complexity index is 868. The molecule has 0 aliphatic heterocycles. The molecule has 1 aromatic heterocycles. The van der Waals surface area contributed by atoms with Crippen molar-refractivity contribution in [2.45, 2.75) is 84.8 Å². The maximum absolute atomic E-state index is 10.2. The van der Waals surface area contributed by atoms with Gasteiger partial charge in [0.15, 0.2) is 0 Å². The van der Waals surface area contributed by atoms with Crippen LogP contribution in [-0.4, -0.2) is 27.9 Å². The minimum absolute atomic E-state index is 0.0212. The standard InChI is InChI=1S/C28H41NO3/c1-18(17-32-26-14-19(16-30)10-13-29-26)23-6-7-24-22-5-4-20-15-21(31)8-11-27(20,2)25(22)9-12-28(23,24)3/h4,10,13-14,18,21-25,30-31H,5-9,11-12,15-17H2,1-3H3/t18?,21-,22-,23+,24-,25-,27-,28+/m0/s1. The summed E-state index contributed by atoms with van der Waals surface area (Å²) in [4.78, 5) is 4.33. The molecular formula is C28H41NO3. The van der Waals surface area contributed by atoms with E-state index >= 15 is 0 Å². The highest BCUT2D eigenvalue weighted by molar-refractivity contribution is 5.25. The van der Waals surface area contributed by atoms with E-state index in [9.17, 15) is 10.2 Å². The Labute approximate surface area is 193 Å². The first-order chi connectivity index (χ1) is 15.3. The van der Waals surface area contributed by atoms with Crippen molar-refractivity contribution in [2.75, 3.05) is 6.61 Å². The molecule has 0 spiro atoms. The molecule has 4 heteroatoms. The molecular weight excluding hydrogens is 398 g/mol. The molecule has 0 radical (unpaired) electrons. The van der Waals surface area contributed by atoms with E-state index in [4.69, 9.17) is 4.74 Å². The zero-order chi connectivity index (χ0) is 22.5. The monoisotopic (exact) mass is 439 g/mol. The second-order valence-corrected chi connectivity index (χ2v) is 11.8. The summed E-state index contributed by atoms with van der Waals surface area (Å²) in [5.41, 5.74) is 3.14. The lowest BCUT2D eigenvalue weighted by Gasteiger charge is -2.58. The number of aliphatic hydroxyl groups is 2. The average molecular weight is 440 g/mol. The fourth-order valence-electron chi connectivity index (χ4n) is 8.58. The zero-order valence-corrected chi connectivity index (χ0v) is 20.1. The number of pyridine rings is 1. The van der Waals surface area contributed by atoms with Crippen LogP contribution in [0.5, 0.6) is 5.88 Å². The molecule has 3 fully saturated rings. The van der Waals surface area contributed by atoms with E-state index < -0.39 is 0 Å². The summed E-state index contributed by atoms with van der Waals surface area (Å²) in [6, 6.07) is 3.68. The van der Waals surface area contributed by atoms with Crippen LogP contribution in [0, 0.1) is 40.4 Å². The topological polar surface area (TPSA) is 62.6 Å². The van der Waals surface area contributed by atoms with Gasteiger partial charge < -0.3 is 14.9 Å². The van der Waals surface area contributed by atoms with Gasteiger partial charge in [-0.25, -0.2) is 4.98 Å². The van der Waals surface area contributed by atoms with Crippen molar-refractivity contribution >= 4 is 0 Å². The van der Waals surface area contributed by atoms with Crippen molar-refractivity contribution in [1.29, 1.82) is 0 Å². The molecule has 0 bridgehead atoms. The summed E-state index contributed by atoms with van der Waals surface area (Å²) in [5, 5.41) is 19.6. The zero-order valence-electron chi connectivity index (χ0n) is 20.1. The second-order valence-electron chi connectivity index (χ2n) is 11.8. The van der Waals surface area contributed by atoms with Crippen LogP contribution in [0.25, 0.3) is 0 Å². The van der Waals surface area contributed by atoms with Crippen molar-refractivity contribution in [2.24, 2.45) is 40.4 Å².